The van der Waals surface area contributed by atoms with Crippen molar-refractivity contribution >= 4 is 11.8 Å². The number of halogens is 1. The Labute approximate surface area is 205 Å². The van der Waals surface area contributed by atoms with Crippen LogP contribution in [0, 0.1) is 12.7 Å². The lowest BCUT2D eigenvalue weighted by Crippen LogP contribution is -2.53. The smallest absolute Gasteiger partial charge is 0.254 e. The number of nitrogens with one attached hydrogen (secondary N) is 1. The molecule has 2 aromatic carbocycles. The van der Waals surface area contributed by atoms with Gasteiger partial charge >= 0.3 is 0 Å². The third-order valence-corrected chi connectivity index (χ3v) is 7.38. The fourth-order valence-corrected chi connectivity index (χ4v) is 5.33. The van der Waals surface area contributed by atoms with Crippen molar-refractivity contribution in [2.75, 3.05) is 45.9 Å². The Kier molecular flexibility index (Phi) is 6.65. The second kappa shape index (κ2) is 9.85. The molecule has 0 spiro atoms. The molecule has 8 heteroatoms. The van der Waals surface area contributed by atoms with E-state index in [1.165, 1.54) is 6.07 Å². The van der Waals surface area contributed by atoms with Crippen molar-refractivity contribution in [3.8, 4) is 11.5 Å². The zero-order valence-corrected chi connectivity index (χ0v) is 20.1. The standard InChI is InChI=1S/C27H32FN3O4/c1-19-4-5-20(16-22(19)28)26(33)31-12-10-30(11-13-31)18-25(32)29-27(8-2-3-9-27)21-6-7-23-24(17-21)35-15-14-34-23/h4-7,16-17H,2-3,8-15,18H2,1H3,(H,29,32). The van der Waals surface area contributed by atoms with Crippen LogP contribution in [0.4, 0.5) is 4.39 Å². The van der Waals surface area contributed by atoms with Gasteiger partial charge in [-0.15, -0.1) is 0 Å². The van der Waals surface area contributed by atoms with Crippen molar-refractivity contribution in [2.45, 2.75) is 38.1 Å². The van der Waals surface area contributed by atoms with E-state index >= 15 is 0 Å². The zero-order valence-electron chi connectivity index (χ0n) is 20.1. The summed E-state index contributed by atoms with van der Waals surface area (Å²) in [5, 5.41) is 3.33. The molecule has 7 nitrogen and oxygen atoms in total. The number of amides is 2. The van der Waals surface area contributed by atoms with Crippen molar-refractivity contribution in [1.82, 2.24) is 15.1 Å². The third-order valence-electron chi connectivity index (χ3n) is 7.38. The molecule has 2 amide bonds. The summed E-state index contributed by atoms with van der Waals surface area (Å²) in [6, 6.07) is 10.6. The number of rotatable bonds is 5. The monoisotopic (exact) mass is 481 g/mol. The molecule has 1 aliphatic carbocycles. The molecule has 0 bridgehead atoms. The number of piperazine rings is 1. The van der Waals surface area contributed by atoms with Gasteiger partial charge in [0.05, 0.1) is 12.1 Å². The van der Waals surface area contributed by atoms with E-state index in [2.05, 4.69) is 10.2 Å². The fourth-order valence-electron chi connectivity index (χ4n) is 5.33. The van der Waals surface area contributed by atoms with Crippen LogP contribution in [0.15, 0.2) is 36.4 Å². The van der Waals surface area contributed by atoms with Crippen LogP contribution in [0.2, 0.25) is 0 Å². The van der Waals surface area contributed by atoms with Crippen LogP contribution in [0.3, 0.4) is 0 Å². The van der Waals surface area contributed by atoms with E-state index in [-0.39, 0.29) is 29.7 Å². The summed E-state index contributed by atoms with van der Waals surface area (Å²) in [6.07, 6.45) is 3.92. The van der Waals surface area contributed by atoms with E-state index in [9.17, 15) is 14.0 Å². The number of hydrogen-bond acceptors (Lipinski definition) is 5. The highest BCUT2D eigenvalue weighted by atomic mass is 19.1. The zero-order chi connectivity index (χ0) is 24.4. The van der Waals surface area contributed by atoms with E-state index in [1.807, 2.05) is 18.2 Å². The lowest BCUT2D eigenvalue weighted by atomic mass is 9.87. The largest absolute Gasteiger partial charge is 0.486 e. The number of carbonyl (C=O) groups is 2. The van der Waals surface area contributed by atoms with Crippen LogP contribution >= 0.6 is 0 Å². The molecule has 3 aliphatic rings. The average molecular weight is 482 g/mol. The van der Waals surface area contributed by atoms with E-state index in [0.717, 1.165) is 42.7 Å². The lowest BCUT2D eigenvalue weighted by Gasteiger charge is -2.36. The first kappa shape index (κ1) is 23.6. The van der Waals surface area contributed by atoms with Crippen LogP contribution in [0.5, 0.6) is 11.5 Å². The first-order valence-electron chi connectivity index (χ1n) is 12.4. The molecule has 186 valence electrons. The van der Waals surface area contributed by atoms with Gasteiger partial charge in [0.15, 0.2) is 11.5 Å². The lowest BCUT2D eigenvalue weighted by molar-refractivity contribution is -0.124. The minimum absolute atomic E-state index is 0.0119. The maximum absolute atomic E-state index is 13.9. The van der Waals surface area contributed by atoms with Gasteiger partial charge in [0.1, 0.15) is 19.0 Å². The van der Waals surface area contributed by atoms with Gasteiger partial charge in [-0.3, -0.25) is 14.5 Å². The maximum Gasteiger partial charge on any atom is 0.254 e. The summed E-state index contributed by atoms with van der Waals surface area (Å²) in [5.41, 5.74) is 1.56. The Bertz CT molecular complexity index is 1110. The molecule has 0 atom stereocenters. The number of ether oxygens (including phenoxy) is 2. The summed E-state index contributed by atoms with van der Waals surface area (Å²) in [5.74, 6) is 0.937. The van der Waals surface area contributed by atoms with Gasteiger partial charge in [-0.1, -0.05) is 25.0 Å². The fraction of sp³-hybridized carbons (Fsp3) is 0.481. The second-order valence-electron chi connectivity index (χ2n) is 9.73. The minimum Gasteiger partial charge on any atom is -0.486 e. The van der Waals surface area contributed by atoms with Crippen LogP contribution in [0.25, 0.3) is 0 Å². The summed E-state index contributed by atoms with van der Waals surface area (Å²) < 4.78 is 25.3. The van der Waals surface area contributed by atoms with Crippen molar-refractivity contribution in [2.24, 2.45) is 0 Å². The van der Waals surface area contributed by atoms with Crippen LogP contribution in [-0.2, 0) is 10.3 Å². The number of nitrogens with zero attached hydrogens (tertiary/aromatic N) is 2. The van der Waals surface area contributed by atoms with Gasteiger partial charge in [-0.05, 0) is 55.2 Å². The Morgan fingerprint density at radius 2 is 1.69 bits per heavy atom. The highest BCUT2D eigenvalue weighted by molar-refractivity contribution is 5.94. The summed E-state index contributed by atoms with van der Waals surface area (Å²) in [4.78, 5) is 29.7. The molecule has 2 heterocycles. The average Bonchev–Trinajstić information content (AvgIpc) is 3.35. The third kappa shape index (κ3) is 4.98. The SMILES string of the molecule is Cc1ccc(C(=O)N2CCN(CC(=O)NC3(c4ccc5c(c4)OCCO5)CCCC3)CC2)cc1F. The van der Waals surface area contributed by atoms with Crippen molar-refractivity contribution in [1.29, 1.82) is 0 Å². The van der Waals surface area contributed by atoms with E-state index in [1.54, 1.807) is 24.0 Å². The van der Waals surface area contributed by atoms with E-state index < -0.39 is 0 Å². The quantitative estimate of drug-likeness (QED) is 0.710. The van der Waals surface area contributed by atoms with Crippen molar-refractivity contribution in [3.05, 3.63) is 58.9 Å². The molecule has 0 radical (unpaired) electrons. The normalized spacial score (nSPS) is 19.4. The number of carbonyl (C=O) groups excluding carboxylic acids is 2. The van der Waals surface area contributed by atoms with Crippen molar-refractivity contribution < 1.29 is 23.5 Å². The van der Waals surface area contributed by atoms with Crippen LogP contribution in [0.1, 0.15) is 47.2 Å². The van der Waals surface area contributed by atoms with E-state index in [4.69, 9.17) is 9.47 Å². The Hall–Kier alpha value is -3.13. The predicted molar refractivity (Wildman–Crippen MR) is 129 cm³/mol. The van der Waals surface area contributed by atoms with Crippen molar-refractivity contribution in [3.63, 3.8) is 0 Å². The van der Waals surface area contributed by atoms with Crippen LogP contribution < -0.4 is 14.8 Å². The van der Waals surface area contributed by atoms with Gasteiger partial charge in [-0.25, -0.2) is 4.39 Å². The molecule has 0 unspecified atom stereocenters. The van der Waals surface area contributed by atoms with Crippen LogP contribution in [-0.4, -0.2) is 67.6 Å². The van der Waals surface area contributed by atoms with Gasteiger partial charge < -0.3 is 19.7 Å². The van der Waals surface area contributed by atoms with Gasteiger partial charge in [0.25, 0.3) is 5.91 Å². The Morgan fingerprint density at radius 1 is 0.971 bits per heavy atom. The summed E-state index contributed by atoms with van der Waals surface area (Å²) in [7, 11) is 0. The molecular weight excluding hydrogens is 449 g/mol. The highest BCUT2D eigenvalue weighted by Crippen LogP contribution is 2.42. The summed E-state index contributed by atoms with van der Waals surface area (Å²) in [6.45, 7) is 5.27. The molecule has 2 aliphatic heterocycles. The Morgan fingerprint density at radius 3 is 2.40 bits per heavy atom. The number of aryl methyl sites for hydroxylation is 1. The molecular formula is C27H32FN3O4. The summed E-state index contributed by atoms with van der Waals surface area (Å²) >= 11 is 0. The van der Waals surface area contributed by atoms with E-state index in [0.29, 0.717) is 50.5 Å². The molecule has 0 aromatic heterocycles. The molecule has 1 saturated heterocycles. The maximum atomic E-state index is 13.9. The molecule has 2 aromatic rings. The van der Waals surface area contributed by atoms with Gasteiger partial charge in [-0.2, -0.15) is 0 Å². The molecule has 1 saturated carbocycles. The molecule has 35 heavy (non-hydrogen) atoms. The number of benzene rings is 2. The Balaban J connectivity index is 1.18. The number of fused-ring (bicyclic) bond motifs is 1. The first-order valence-corrected chi connectivity index (χ1v) is 12.4. The topological polar surface area (TPSA) is 71.1 Å². The first-order chi connectivity index (χ1) is 16.9. The molecule has 5 rings (SSSR count). The second-order valence-corrected chi connectivity index (χ2v) is 9.73. The highest BCUT2D eigenvalue weighted by Gasteiger charge is 2.38. The van der Waals surface area contributed by atoms with Gasteiger partial charge in [0.2, 0.25) is 5.91 Å². The minimum atomic E-state index is -0.389. The number of hydrogen-bond donors (Lipinski definition) is 1. The van der Waals surface area contributed by atoms with Gasteiger partial charge in [0, 0.05) is 31.7 Å². The predicted octanol–water partition coefficient (Wildman–Crippen LogP) is 3.25. The molecule has 1 N–H and O–H groups in total. The molecule has 2 fully saturated rings.